The molecule has 4 nitrogen and oxygen atoms in total. The highest BCUT2D eigenvalue weighted by atomic mass is 79.9. The quantitative estimate of drug-likeness (QED) is 0.722. The fraction of sp³-hybridized carbons (Fsp3) is 0.562. The van der Waals surface area contributed by atoms with Gasteiger partial charge in [0.15, 0.2) is 17.3 Å². The predicted molar refractivity (Wildman–Crippen MR) is 84.4 cm³/mol. The van der Waals surface area contributed by atoms with Crippen LogP contribution in [0.2, 0.25) is 0 Å². The van der Waals surface area contributed by atoms with E-state index in [-0.39, 0.29) is 11.9 Å². The summed E-state index contributed by atoms with van der Waals surface area (Å²) in [6.07, 6.45) is 2.49. The Kier molecular flexibility index (Phi) is 6.06. The van der Waals surface area contributed by atoms with Gasteiger partial charge in [0, 0.05) is 16.6 Å². The van der Waals surface area contributed by atoms with E-state index in [9.17, 15) is 4.79 Å². The molecule has 116 valence electrons. The van der Waals surface area contributed by atoms with Crippen LogP contribution in [0.4, 0.5) is 0 Å². The van der Waals surface area contributed by atoms with Crippen molar-refractivity contribution < 1.29 is 19.0 Å². The summed E-state index contributed by atoms with van der Waals surface area (Å²) in [6, 6.07) is 3.55. The normalized spacial score (nSPS) is 18.3. The number of benzene rings is 1. The number of halogens is 1. The molecule has 1 saturated heterocycles. The van der Waals surface area contributed by atoms with Gasteiger partial charge in [-0.25, -0.2) is 0 Å². The number of hydrogen-bond donors (Lipinski definition) is 0. The molecule has 0 saturated carbocycles. The van der Waals surface area contributed by atoms with Crippen LogP contribution in [-0.2, 0) is 4.74 Å². The highest BCUT2D eigenvalue weighted by molar-refractivity contribution is 9.10. The molecule has 1 aliphatic rings. The second-order valence-corrected chi connectivity index (χ2v) is 5.72. The first-order chi connectivity index (χ1) is 10.2. The third kappa shape index (κ3) is 3.98. The molecule has 21 heavy (non-hydrogen) atoms. The van der Waals surface area contributed by atoms with Crippen molar-refractivity contribution in [2.45, 2.75) is 39.2 Å². The molecule has 1 aromatic carbocycles. The Morgan fingerprint density at radius 2 is 1.90 bits per heavy atom. The van der Waals surface area contributed by atoms with E-state index < -0.39 is 0 Å². The molecular formula is C16H21BrO4. The van der Waals surface area contributed by atoms with Gasteiger partial charge in [-0.1, -0.05) is 0 Å². The first-order valence-corrected chi connectivity index (χ1v) is 8.21. The third-order valence-electron chi connectivity index (χ3n) is 3.37. The summed E-state index contributed by atoms with van der Waals surface area (Å²) in [6.45, 7) is 5.55. The predicted octanol–water partition coefficient (Wildman–Crippen LogP) is 4.00. The summed E-state index contributed by atoms with van der Waals surface area (Å²) < 4.78 is 17.4. The van der Waals surface area contributed by atoms with Crippen LogP contribution in [0.25, 0.3) is 0 Å². The van der Waals surface area contributed by atoms with Crippen LogP contribution in [-0.4, -0.2) is 31.7 Å². The lowest BCUT2D eigenvalue weighted by Gasteiger charge is -2.22. The van der Waals surface area contributed by atoms with E-state index in [2.05, 4.69) is 15.9 Å². The van der Waals surface area contributed by atoms with Crippen molar-refractivity contribution in [3.05, 3.63) is 22.2 Å². The zero-order valence-corrected chi connectivity index (χ0v) is 14.1. The minimum absolute atomic E-state index is 0.00516. The molecule has 1 aliphatic heterocycles. The smallest absolute Gasteiger partial charge is 0.192 e. The molecule has 0 aromatic heterocycles. The maximum absolute atomic E-state index is 12.6. The van der Waals surface area contributed by atoms with Crippen LogP contribution >= 0.6 is 15.9 Å². The highest BCUT2D eigenvalue weighted by Gasteiger charge is 2.26. The molecule has 2 rings (SSSR count). The number of ketones is 1. The van der Waals surface area contributed by atoms with Gasteiger partial charge < -0.3 is 14.2 Å². The topological polar surface area (TPSA) is 44.8 Å². The van der Waals surface area contributed by atoms with Crippen LogP contribution in [0, 0.1) is 0 Å². The lowest BCUT2D eigenvalue weighted by molar-refractivity contribution is 0.0186. The van der Waals surface area contributed by atoms with Crippen LogP contribution in [0.15, 0.2) is 16.6 Å². The van der Waals surface area contributed by atoms with Crippen molar-refractivity contribution in [3.8, 4) is 11.5 Å². The van der Waals surface area contributed by atoms with Crippen LogP contribution in [0.1, 0.15) is 43.5 Å². The van der Waals surface area contributed by atoms with Crippen molar-refractivity contribution in [1.29, 1.82) is 0 Å². The van der Waals surface area contributed by atoms with E-state index in [4.69, 9.17) is 14.2 Å². The van der Waals surface area contributed by atoms with Gasteiger partial charge in [-0.15, -0.1) is 0 Å². The maximum Gasteiger partial charge on any atom is 0.192 e. The van der Waals surface area contributed by atoms with Gasteiger partial charge in [-0.2, -0.15) is 0 Å². The van der Waals surface area contributed by atoms with Gasteiger partial charge in [0.05, 0.1) is 13.2 Å². The van der Waals surface area contributed by atoms with Crippen molar-refractivity contribution in [1.82, 2.24) is 0 Å². The molecule has 1 fully saturated rings. The van der Waals surface area contributed by atoms with Gasteiger partial charge >= 0.3 is 0 Å². The molecule has 1 unspecified atom stereocenters. The summed E-state index contributed by atoms with van der Waals surface area (Å²) in [5, 5.41) is 0. The second kappa shape index (κ2) is 7.80. The van der Waals surface area contributed by atoms with Gasteiger partial charge in [0.2, 0.25) is 0 Å². The van der Waals surface area contributed by atoms with Gasteiger partial charge in [-0.3, -0.25) is 4.79 Å². The lowest BCUT2D eigenvalue weighted by Crippen LogP contribution is -2.28. The summed E-state index contributed by atoms with van der Waals surface area (Å²) in [7, 11) is 0. The molecule has 1 heterocycles. The monoisotopic (exact) mass is 356 g/mol. The molecule has 0 aliphatic carbocycles. The number of ether oxygens (including phenoxy) is 3. The Morgan fingerprint density at radius 1 is 1.24 bits per heavy atom. The third-order valence-corrected chi connectivity index (χ3v) is 4.03. The van der Waals surface area contributed by atoms with Crippen molar-refractivity contribution in [2.24, 2.45) is 0 Å². The SMILES string of the molecule is CCOc1cc(Br)c(C(=O)C2CCCCO2)cc1OCC. The van der Waals surface area contributed by atoms with E-state index in [0.29, 0.717) is 41.4 Å². The van der Waals surface area contributed by atoms with E-state index in [1.54, 1.807) is 12.1 Å². The van der Waals surface area contributed by atoms with Gasteiger partial charge in [0.25, 0.3) is 0 Å². The first-order valence-electron chi connectivity index (χ1n) is 7.42. The van der Waals surface area contributed by atoms with Gasteiger partial charge in [0.1, 0.15) is 6.10 Å². The van der Waals surface area contributed by atoms with Crippen molar-refractivity contribution in [2.75, 3.05) is 19.8 Å². The minimum atomic E-state index is -0.345. The lowest BCUT2D eigenvalue weighted by atomic mass is 9.99. The van der Waals surface area contributed by atoms with Crippen molar-refractivity contribution in [3.63, 3.8) is 0 Å². The number of carbonyl (C=O) groups is 1. The molecule has 0 amide bonds. The largest absolute Gasteiger partial charge is 0.490 e. The Morgan fingerprint density at radius 3 is 2.48 bits per heavy atom. The Labute approximate surface area is 133 Å². The zero-order chi connectivity index (χ0) is 15.2. The Balaban J connectivity index is 2.29. The van der Waals surface area contributed by atoms with Crippen LogP contribution < -0.4 is 9.47 Å². The summed E-state index contributed by atoms with van der Waals surface area (Å²) >= 11 is 3.46. The fourth-order valence-electron chi connectivity index (χ4n) is 2.38. The average molecular weight is 357 g/mol. The van der Waals surface area contributed by atoms with Crippen molar-refractivity contribution >= 4 is 21.7 Å². The molecule has 5 heteroatoms. The molecule has 0 spiro atoms. The summed E-state index contributed by atoms with van der Waals surface area (Å²) in [5.41, 5.74) is 0.591. The van der Waals surface area contributed by atoms with E-state index >= 15 is 0 Å². The van der Waals surface area contributed by atoms with Gasteiger partial charge in [-0.05, 0) is 61.2 Å². The van der Waals surface area contributed by atoms with E-state index in [1.165, 1.54) is 0 Å². The highest BCUT2D eigenvalue weighted by Crippen LogP contribution is 2.35. The molecule has 0 bridgehead atoms. The molecule has 1 aromatic rings. The average Bonchev–Trinajstić information content (AvgIpc) is 2.50. The molecular weight excluding hydrogens is 336 g/mol. The molecule has 0 N–H and O–H groups in total. The molecule has 0 radical (unpaired) electrons. The fourth-order valence-corrected chi connectivity index (χ4v) is 2.90. The maximum atomic E-state index is 12.6. The Hall–Kier alpha value is -1.07. The standard InChI is InChI=1S/C16H21BrO4/c1-3-19-14-9-11(12(17)10-15(14)20-4-2)16(18)13-7-5-6-8-21-13/h9-10,13H,3-8H2,1-2H3. The number of rotatable bonds is 6. The summed E-state index contributed by atoms with van der Waals surface area (Å²) in [5.74, 6) is 1.25. The van der Waals surface area contributed by atoms with Crippen LogP contribution in [0.3, 0.4) is 0 Å². The number of hydrogen-bond acceptors (Lipinski definition) is 4. The van der Waals surface area contributed by atoms with E-state index in [0.717, 1.165) is 19.3 Å². The number of Topliss-reactive ketones (excluding diaryl/α,β-unsaturated/α-hetero) is 1. The Bertz CT molecular complexity index is 495. The minimum Gasteiger partial charge on any atom is -0.490 e. The first kappa shape index (κ1) is 16.3. The second-order valence-electron chi connectivity index (χ2n) is 4.86. The summed E-state index contributed by atoms with van der Waals surface area (Å²) in [4.78, 5) is 12.6. The van der Waals surface area contributed by atoms with Crippen LogP contribution in [0.5, 0.6) is 11.5 Å². The van der Waals surface area contributed by atoms with E-state index in [1.807, 2.05) is 13.8 Å². The number of carbonyl (C=O) groups excluding carboxylic acids is 1. The zero-order valence-electron chi connectivity index (χ0n) is 12.5. The molecule has 1 atom stereocenters.